The smallest absolute Gasteiger partial charge is 0.312 e. The van der Waals surface area contributed by atoms with Gasteiger partial charge < -0.3 is 4.74 Å². The lowest BCUT2D eigenvalue weighted by Crippen LogP contribution is -2.30. The first kappa shape index (κ1) is 22.1. The van der Waals surface area contributed by atoms with E-state index in [1.54, 1.807) is 13.8 Å². The van der Waals surface area contributed by atoms with Crippen molar-refractivity contribution in [3.05, 3.63) is 68.9 Å². The number of nitro groups is 2. The Bertz CT molecular complexity index is 1270. The minimum absolute atomic E-state index is 0.0589. The number of fused-ring (bicyclic) bond motifs is 1. The van der Waals surface area contributed by atoms with Gasteiger partial charge >= 0.3 is 5.69 Å². The van der Waals surface area contributed by atoms with E-state index in [1.165, 1.54) is 46.9 Å². The van der Waals surface area contributed by atoms with Gasteiger partial charge in [0.15, 0.2) is 5.75 Å². The predicted octanol–water partition coefficient (Wildman–Crippen LogP) is 3.87. The Labute approximate surface area is 177 Å². The van der Waals surface area contributed by atoms with Crippen molar-refractivity contribution in [3.8, 4) is 11.5 Å². The molecule has 0 saturated carbocycles. The second-order valence-electron chi connectivity index (χ2n) is 6.32. The number of non-ortho nitro benzene ring substituents is 1. The van der Waals surface area contributed by atoms with E-state index in [0.717, 1.165) is 6.07 Å². The minimum Gasteiger partial charge on any atom is -0.448 e. The van der Waals surface area contributed by atoms with Crippen molar-refractivity contribution in [2.75, 3.05) is 13.1 Å². The van der Waals surface area contributed by atoms with Crippen LogP contribution in [0.3, 0.4) is 0 Å². The Hall–Kier alpha value is -3.64. The van der Waals surface area contributed by atoms with Crippen molar-refractivity contribution in [1.29, 1.82) is 0 Å². The molecule has 0 unspecified atom stereocenters. The molecule has 0 amide bonds. The second kappa shape index (κ2) is 8.62. The Morgan fingerprint density at radius 2 is 1.61 bits per heavy atom. The fraction of sp³-hybridized carbons (Fsp3) is 0.211. The van der Waals surface area contributed by atoms with Gasteiger partial charge in [0.1, 0.15) is 5.52 Å². The van der Waals surface area contributed by atoms with Gasteiger partial charge in [0.05, 0.1) is 20.1 Å². The highest BCUT2D eigenvalue weighted by atomic mass is 32.2. The van der Waals surface area contributed by atoms with E-state index in [2.05, 4.69) is 4.98 Å². The molecule has 0 atom stereocenters. The maximum absolute atomic E-state index is 12.7. The molecule has 0 aliphatic rings. The second-order valence-corrected chi connectivity index (χ2v) is 8.26. The molecule has 0 aliphatic carbocycles. The molecule has 0 bridgehead atoms. The van der Waals surface area contributed by atoms with Gasteiger partial charge in [0.25, 0.3) is 5.69 Å². The summed E-state index contributed by atoms with van der Waals surface area (Å²) in [6, 6.07) is 8.85. The molecule has 0 spiro atoms. The quantitative estimate of drug-likeness (QED) is 0.374. The third kappa shape index (κ3) is 4.15. The van der Waals surface area contributed by atoms with Crippen LogP contribution in [0.5, 0.6) is 11.5 Å². The number of nitro benzene ring substituents is 2. The number of pyridine rings is 1. The van der Waals surface area contributed by atoms with Crippen molar-refractivity contribution in [3.63, 3.8) is 0 Å². The van der Waals surface area contributed by atoms with Crippen molar-refractivity contribution < 1.29 is 23.0 Å². The number of benzene rings is 2. The molecule has 12 heteroatoms. The van der Waals surface area contributed by atoms with Gasteiger partial charge in [0.2, 0.25) is 15.8 Å². The van der Waals surface area contributed by atoms with E-state index in [4.69, 9.17) is 4.74 Å². The molecular weight excluding hydrogens is 428 g/mol. The highest BCUT2D eigenvalue weighted by molar-refractivity contribution is 7.89. The van der Waals surface area contributed by atoms with E-state index in [9.17, 15) is 28.6 Å². The van der Waals surface area contributed by atoms with Crippen LogP contribution in [-0.2, 0) is 10.0 Å². The van der Waals surface area contributed by atoms with Crippen molar-refractivity contribution in [1.82, 2.24) is 9.29 Å². The van der Waals surface area contributed by atoms with E-state index in [0.29, 0.717) is 0 Å². The molecule has 11 nitrogen and oxygen atoms in total. The molecule has 0 radical (unpaired) electrons. The first-order valence-electron chi connectivity index (χ1n) is 9.19. The Morgan fingerprint density at radius 1 is 0.968 bits per heavy atom. The molecule has 3 rings (SSSR count). The summed E-state index contributed by atoms with van der Waals surface area (Å²) < 4.78 is 32.3. The summed E-state index contributed by atoms with van der Waals surface area (Å²) in [6.45, 7) is 3.76. The number of ether oxygens (including phenoxy) is 1. The number of hydrogen-bond acceptors (Lipinski definition) is 8. The van der Waals surface area contributed by atoms with Crippen LogP contribution in [-0.4, -0.2) is 40.6 Å². The molecule has 2 aromatic carbocycles. The summed E-state index contributed by atoms with van der Waals surface area (Å²) in [5.41, 5.74) is -0.605. The third-order valence-electron chi connectivity index (χ3n) is 4.60. The van der Waals surface area contributed by atoms with Gasteiger partial charge in [-0.05, 0) is 30.3 Å². The molecule has 31 heavy (non-hydrogen) atoms. The molecule has 0 N–H and O–H groups in total. The van der Waals surface area contributed by atoms with Crippen LogP contribution in [0.1, 0.15) is 13.8 Å². The number of sulfonamides is 1. The zero-order chi connectivity index (χ0) is 22.8. The van der Waals surface area contributed by atoms with Gasteiger partial charge in [-0.3, -0.25) is 25.2 Å². The van der Waals surface area contributed by atoms with E-state index >= 15 is 0 Å². The molecule has 1 aromatic heterocycles. The van der Waals surface area contributed by atoms with Gasteiger partial charge in [-0.2, -0.15) is 4.31 Å². The number of rotatable bonds is 8. The summed E-state index contributed by atoms with van der Waals surface area (Å²) in [4.78, 5) is 25.4. The summed E-state index contributed by atoms with van der Waals surface area (Å²) in [5.74, 6) is -0.159. The zero-order valence-electron chi connectivity index (χ0n) is 16.6. The fourth-order valence-corrected chi connectivity index (χ4v) is 4.57. The molecule has 0 fully saturated rings. The molecule has 0 saturated heterocycles. The average molecular weight is 446 g/mol. The number of aromatic nitrogens is 1. The Morgan fingerprint density at radius 3 is 2.23 bits per heavy atom. The topological polar surface area (TPSA) is 146 Å². The molecular formula is C19H18N4O7S. The SMILES string of the molecule is CCN(CC)S(=O)(=O)c1ccc(Oc2ccc([N+](=O)[O-])c3cccnc23)c([N+](=O)[O-])c1. The maximum Gasteiger partial charge on any atom is 0.312 e. The van der Waals surface area contributed by atoms with Gasteiger partial charge in [-0.15, -0.1) is 0 Å². The minimum atomic E-state index is -3.91. The van der Waals surface area contributed by atoms with Crippen LogP contribution < -0.4 is 4.74 Å². The summed E-state index contributed by atoms with van der Waals surface area (Å²) in [7, 11) is -3.91. The van der Waals surface area contributed by atoms with Gasteiger partial charge in [-0.1, -0.05) is 13.8 Å². The maximum atomic E-state index is 12.7. The van der Waals surface area contributed by atoms with E-state index in [1.807, 2.05) is 0 Å². The highest BCUT2D eigenvalue weighted by Gasteiger charge is 2.27. The van der Waals surface area contributed by atoms with Crippen LogP contribution >= 0.6 is 0 Å². The molecule has 1 heterocycles. The van der Waals surface area contributed by atoms with Crippen LogP contribution in [0.25, 0.3) is 10.9 Å². The van der Waals surface area contributed by atoms with Crippen molar-refractivity contribution in [2.24, 2.45) is 0 Å². The lowest BCUT2D eigenvalue weighted by atomic mass is 10.1. The lowest BCUT2D eigenvalue weighted by molar-refractivity contribution is -0.385. The molecule has 162 valence electrons. The first-order chi connectivity index (χ1) is 14.7. The largest absolute Gasteiger partial charge is 0.448 e. The van der Waals surface area contributed by atoms with Gasteiger partial charge in [0, 0.05) is 31.4 Å². The van der Waals surface area contributed by atoms with Crippen molar-refractivity contribution >= 4 is 32.3 Å². The van der Waals surface area contributed by atoms with Gasteiger partial charge in [-0.25, -0.2) is 8.42 Å². The van der Waals surface area contributed by atoms with Crippen LogP contribution in [0, 0.1) is 20.2 Å². The van der Waals surface area contributed by atoms with Crippen LogP contribution in [0.15, 0.2) is 53.6 Å². The fourth-order valence-electron chi connectivity index (χ4n) is 3.09. The van der Waals surface area contributed by atoms with E-state index in [-0.39, 0.29) is 46.1 Å². The van der Waals surface area contributed by atoms with E-state index < -0.39 is 25.6 Å². The van der Waals surface area contributed by atoms with Crippen molar-refractivity contribution in [2.45, 2.75) is 18.7 Å². The van der Waals surface area contributed by atoms with Crippen LogP contribution in [0.4, 0.5) is 11.4 Å². The third-order valence-corrected chi connectivity index (χ3v) is 6.64. The lowest BCUT2D eigenvalue weighted by Gasteiger charge is -2.18. The standard InChI is InChI=1S/C19H18N4O7S/c1-3-21(4-2)31(28,29)13-7-9-17(16(12-13)23(26)27)30-18-10-8-15(22(24)25)14-6-5-11-20-19(14)18/h5-12H,3-4H2,1-2H3. The zero-order valence-corrected chi connectivity index (χ0v) is 17.4. The summed E-state index contributed by atoms with van der Waals surface area (Å²) in [5, 5.41) is 23.1. The Balaban J connectivity index is 2.10. The molecule has 3 aromatic rings. The summed E-state index contributed by atoms with van der Waals surface area (Å²) in [6.07, 6.45) is 1.41. The number of hydrogen-bond donors (Lipinski definition) is 0. The molecule has 0 aliphatic heterocycles. The monoisotopic (exact) mass is 446 g/mol. The average Bonchev–Trinajstić information content (AvgIpc) is 2.74. The summed E-state index contributed by atoms with van der Waals surface area (Å²) >= 11 is 0. The van der Waals surface area contributed by atoms with Crippen LogP contribution in [0.2, 0.25) is 0 Å². The predicted molar refractivity (Wildman–Crippen MR) is 112 cm³/mol. The first-order valence-corrected chi connectivity index (χ1v) is 10.6. The normalized spacial score (nSPS) is 11.6. The highest BCUT2D eigenvalue weighted by Crippen LogP contribution is 2.38. The Kier molecular flexibility index (Phi) is 6.13. The number of nitrogens with zero attached hydrogens (tertiary/aromatic N) is 4.